The fourth-order valence-electron chi connectivity index (χ4n) is 3.54. The van der Waals surface area contributed by atoms with Gasteiger partial charge in [-0.25, -0.2) is 0 Å². The molecule has 118 valence electrons. The molecule has 0 bridgehead atoms. The highest BCUT2D eigenvalue weighted by molar-refractivity contribution is 7.17. The van der Waals surface area contributed by atoms with Gasteiger partial charge in [0.15, 0.2) is 5.78 Å². The molecule has 4 rings (SSSR count). The molecule has 2 aliphatic heterocycles. The van der Waals surface area contributed by atoms with Crippen LogP contribution in [0.2, 0.25) is 0 Å². The Morgan fingerprint density at radius 1 is 1.17 bits per heavy atom. The summed E-state index contributed by atoms with van der Waals surface area (Å²) in [5, 5.41) is 6.47. The topological polar surface area (TPSA) is 58.2 Å². The molecule has 4 nitrogen and oxygen atoms in total. The highest BCUT2D eigenvalue weighted by atomic mass is 32.1. The van der Waals surface area contributed by atoms with Crippen molar-refractivity contribution in [3.63, 3.8) is 0 Å². The smallest absolute Gasteiger partial charge is 0.251 e. The van der Waals surface area contributed by atoms with Crippen molar-refractivity contribution in [2.45, 2.75) is 12.8 Å². The molecule has 2 N–H and O–H groups in total. The van der Waals surface area contributed by atoms with Gasteiger partial charge in [-0.1, -0.05) is 12.1 Å². The Morgan fingerprint density at radius 2 is 2.04 bits per heavy atom. The zero-order valence-corrected chi connectivity index (χ0v) is 13.7. The summed E-state index contributed by atoms with van der Waals surface area (Å²) in [7, 11) is 0. The van der Waals surface area contributed by atoms with Gasteiger partial charge in [0.05, 0.1) is 4.88 Å². The summed E-state index contributed by atoms with van der Waals surface area (Å²) < 4.78 is 0. The van der Waals surface area contributed by atoms with E-state index >= 15 is 0 Å². The Balaban J connectivity index is 1.77. The largest absolute Gasteiger partial charge is 0.352 e. The van der Waals surface area contributed by atoms with Gasteiger partial charge in [0.1, 0.15) is 0 Å². The monoisotopic (exact) mass is 326 g/mol. The van der Waals surface area contributed by atoms with Crippen LogP contribution in [0, 0.1) is 5.92 Å². The summed E-state index contributed by atoms with van der Waals surface area (Å²) in [5.41, 5.74) is 2.92. The number of carbonyl (C=O) groups excluding carboxylic acids is 2. The molecule has 0 spiro atoms. The molecule has 5 heteroatoms. The molecule has 2 atom stereocenters. The van der Waals surface area contributed by atoms with Crippen molar-refractivity contribution in [3.8, 4) is 10.4 Å². The summed E-state index contributed by atoms with van der Waals surface area (Å²) >= 11 is 1.48. The number of Topliss-reactive ketones (excluding diaryl/α,β-unsaturated/α-hetero) is 1. The van der Waals surface area contributed by atoms with Gasteiger partial charge in [0.25, 0.3) is 5.91 Å². The zero-order chi connectivity index (χ0) is 16.0. The van der Waals surface area contributed by atoms with Crippen LogP contribution in [0.3, 0.4) is 0 Å². The first kappa shape index (κ1) is 14.6. The van der Waals surface area contributed by atoms with E-state index in [0.717, 1.165) is 46.1 Å². The van der Waals surface area contributed by atoms with Crippen molar-refractivity contribution < 1.29 is 9.59 Å². The molecule has 0 unspecified atom stereocenters. The van der Waals surface area contributed by atoms with E-state index in [-0.39, 0.29) is 11.7 Å². The summed E-state index contributed by atoms with van der Waals surface area (Å²) in [6, 6.07) is 9.94. The number of rotatable bonds is 2. The summed E-state index contributed by atoms with van der Waals surface area (Å²) in [5.74, 6) is 0.958. The predicted octanol–water partition coefficient (Wildman–Crippen LogP) is 2.66. The highest BCUT2D eigenvalue weighted by Crippen LogP contribution is 2.36. The van der Waals surface area contributed by atoms with E-state index in [1.807, 2.05) is 18.2 Å². The lowest BCUT2D eigenvalue weighted by Crippen LogP contribution is -2.28. The molecule has 1 saturated heterocycles. The lowest BCUT2D eigenvalue weighted by Gasteiger charge is -2.16. The number of ketones is 1. The maximum absolute atomic E-state index is 12.5. The highest BCUT2D eigenvalue weighted by Gasteiger charge is 2.34. The Kier molecular flexibility index (Phi) is 3.54. The van der Waals surface area contributed by atoms with Crippen LogP contribution in [0.1, 0.15) is 38.4 Å². The molecule has 0 saturated carbocycles. The van der Waals surface area contributed by atoms with E-state index in [0.29, 0.717) is 11.8 Å². The predicted molar refractivity (Wildman–Crippen MR) is 91.2 cm³/mol. The third-order valence-corrected chi connectivity index (χ3v) is 6.03. The molecule has 23 heavy (non-hydrogen) atoms. The molecular weight excluding hydrogens is 308 g/mol. The van der Waals surface area contributed by atoms with Gasteiger partial charge in [-0.05, 0) is 42.2 Å². The molecule has 0 radical (unpaired) electrons. The number of amides is 1. The minimum absolute atomic E-state index is 0.0135. The molecule has 1 amide bonds. The number of nitrogens with one attached hydrogen (secondary N) is 2. The fourth-order valence-corrected chi connectivity index (χ4v) is 4.44. The van der Waals surface area contributed by atoms with E-state index in [4.69, 9.17) is 0 Å². The molecule has 1 fully saturated rings. The summed E-state index contributed by atoms with van der Waals surface area (Å²) in [6.45, 7) is 4.19. The first-order valence-corrected chi connectivity index (χ1v) is 8.69. The fraction of sp³-hybridized carbons (Fsp3) is 0.333. The van der Waals surface area contributed by atoms with Gasteiger partial charge in [-0.2, -0.15) is 0 Å². The number of hydrogen-bond donors (Lipinski definition) is 2. The maximum atomic E-state index is 12.5. The number of thiophene rings is 1. The maximum Gasteiger partial charge on any atom is 0.251 e. The number of fused-ring (bicyclic) bond motifs is 3. The third-order valence-electron chi connectivity index (χ3n) is 4.80. The van der Waals surface area contributed by atoms with E-state index < -0.39 is 0 Å². The van der Waals surface area contributed by atoms with E-state index in [1.54, 1.807) is 6.92 Å². The molecule has 3 heterocycles. The van der Waals surface area contributed by atoms with E-state index in [9.17, 15) is 9.59 Å². The Bertz CT molecular complexity index is 796. The van der Waals surface area contributed by atoms with Gasteiger partial charge in [0.2, 0.25) is 0 Å². The molecular formula is C18H18N2O2S. The Labute approximate surface area is 138 Å². The lowest BCUT2D eigenvalue weighted by atomic mass is 9.86. The third kappa shape index (κ3) is 2.50. The van der Waals surface area contributed by atoms with Crippen LogP contribution in [0.25, 0.3) is 10.4 Å². The number of benzene rings is 1. The van der Waals surface area contributed by atoms with E-state index in [2.05, 4.69) is 22.8 Å². The Morgan fingerprint density at radius 3 is 2.83 bits per heavy atom. The van der Waals surface area contributed by atoms with Crippen molar-refractivity contribution in [2.24, 2.45) is 5.92 Å². The first-order chi connectivity index (χ1) is 11.1. The minimum atomic E-state index is 0.0135. The molecule has 2 aromatic rings. The average Bonchev–Trinajstić information content (AvgIpc) is 3.19. The molecule has 1 aromatic carbocycles. The second kappa shape index (κ2) is 5.58. The van der Waals surface area contributed by atoms with Crippen LogP contribution in [-0.2, 0) is 0 Å². The average molecular weight is 326 g/mol. The number of carbonyl (C=O) groups is 2. The van der Waals surface area contributed by atoms with Gasteiger partial charge in [-0.3, -0.25) is 9.59 Å². The SMILES string of the molecule is CC(=O)c1ccc(-c2ccc3c(c2)C(=O)NC[C@H]2CNC[C@H]32)s1. The van der Waals surface area contributed by atoms with E-state index in [1.165, 1.54) is 11.3 Å². The molecule has 0 aliphatic carbocycles. The minimum Gasteiger partial charge on any atom is -0.352 e. The second-order valence-corrected chi connectivity index (χ2v) is 7.34. The van der Waals surface area contributed by atoms with Crippen LogP contribution < -0.4 is 10.6 Å². The van der Waals surface area contributed by atoms with Crippen LogP contribution in [0.4, 0.5) is 0 Å². The van der Waals surface area contributed by atoms with Gasteiger partial charge in [-0.15, -0.1) is 11.3 Å². The van der Waals surface area contributed by atoms with Crippen molar-refractivity contribution >= 4 is 23.0 Å². The second-order valence-electron chi connectivity index (χ2n) is 6.26. The summed E-state index contributed by atoms with van der Waals surface area (Å²) in [4.78, 5) is 25.7. The lowest BCUT2D eigenvalue weighted by molar-refractivity contribution is 0.0951. The van der Waals surface area contributed by atoms with Crippen LogP contribution >= 0.6 is 11.3 Å². The van der Waals surface area contributed by atoms with Crippen molar-refractivity contribution in [3.05, 3.63) is 46.3 Å². The van der Waals surface area contributed by atoms with Gasteiger partial charge >= 0.3 is 0 Å². The number of hydrogen-bond acceptors (Lipinski definition) is 4. The van der Waals surface area contributed by atoms with Crippen molar-refractivity contribution in [2.75, 3.05) is 19.6 Å². The molecule has 1 aromatic heterocycles. The van der Waals surface area contributed by atoms with Crippen LogP contribution in [0.5, 0.6) is 0 Å². The zero-order valence-electron chi connectivity index (χ0n) is 12.9. The van der Waals surface area contributed by atoms with Gasteiger partial charge < -0.3 is 10.6 Å². The van der Waals surface area contributed by atoms with Gasteiger partial charge in [0, 0.05) is 36.0 Å². The van der Waals surface area contributed by atoms with Crippen molar-refractivity contribution in [1.29, 1.82) is 0 Å². The quantitative estimate of drug-likeness (QED) is 0.834. The summed E-state index contributed by atoms with van der Waals surface area (Å²) in [6.07, 6.45) is 0. The Hall–Kier alpha value is -1.98. The molecule has 2 aliphatic rings. The first-order valence-electron chi connectivity index (χ1n) is 7.87. The van der Waals surface area contributed by atoms with Crippen LogP contribution in [-0.4, -0.2) is 31.3 Å². The van der Waals surface area contributed by atoms with Crippen molar-refractivity contribution in [1.82, 2.24) is 10.6 Å². The standard InChI is InChI=1S/C18H18N2O2S/c1-10(21)16-4-5-17(23-16)11-2-3-13-14(6-11)18(22)20-8-12-7-19-9-15(12)13/h2-6,12,15,19H,7-9H2,1H3,(H,20,22)/t12-,15+/m1/s1. The normalized spacial score (nSPS) is 22.9. The van der Waals surface area contributed by atoms with Crippen LogP contribution in [0.15, 0.2) is 30.3 Å².